The zero-order valence-corrected chi connectivity index (χ0v) is 23.5. The van der Waals surface area contributed by atoms with Crippen LogP contribution in [0.3, 0.4) is 0 Å². The fourth-order valence-corrected chi connectivity index (χ4v) is 5.23. The molecule has 2 aromatic carbocycles. The van der Waals surface area contributed by atoms with Gasteiger partial charge in [-0.1, -0.05) is 0 Å². The van der Waals surface area contributed by atoms with Crippen LogP contribution >= 0.6 is 11.3 Å². The fourth-order valence-electron chi connectivity index (χ4n) is 4.21. The van der Waals surface area contributed by atoms with Crippen molar-refractivity contribution >= 4 is 34.4 Å². The third-order valence-electron chi connectivity index (χ3n) is 6.22. The van der Waals surface area contributed by atoms with E-state index in [-0.39, 0.29) is 17.4 Å². The molecular weight excluding hydrogens is 542 g/mol. The van der Waals surface area contributed by atoms with E-state index < -0.39 is 0 Å². The molecule has 0 saturated heterocycles. The number of nitrogens with zero attached hydrogens (tertiary/aromatic N) is 7. The Morgan fingerprint density at radius 2 is 2.02 bits per heavy atom. The number of ether oxygens (including phenoxy) is 2. The highest BCUT2D eigenvalue weighted by Crippen LogP contribution is 2.32. The fraction of sp³-hybridized carbons (Fsp3) is 0.250. The highest BCUT2D eigenvalue weighted by atomic mass is 32.1. The first-order valence-corrected chi connectivity index (χ1v) is 13.7. The van der Waals surface area contributed by atoms with Crippen LogP contribution in [0.25, 0.3) is 10.6 Å². The second-order valence-electron chi connectivity index (χ2n) is 8.91. The third kappa shape index (κ3) is 6.07. The standard InChI is InChI=1S/C28H27N9O3S/c1-4-40-24-14-19(9-12-23(24)39-3)21-6-5-13-37(36-21)28(38)25-17(2)32-27(41-25)18-7-10-20(11-8-18)33-34-22(15-29)26-30-16-31-35-26/h7-12,14,16,33H,4-6,13H2,1-3H3,(H,30,31,35)/b34-22-. The Labute approximate surface area is 240 Å². The van der Waals surface area contributed by atoms with Gasteiger partial charge in [0.2, 0.25) is 5.71 Å². The first-order chi connectivity index (χ1) is 20.0. The molecule has 0 unspecified atom stereocenters. The molecule has 0 fully saturated rings. The van der Waals surface area contributed by atoms with Crippen molar-refractivity contribution in [2.45, 2.75) is 26.7 Å². The Morgan fingerprint density at radius 1 is 1.22 bits per heavy atom. The Kier molecular flexibility index (Phi) is 8.31. The number of hydrazone groups is 2. The number of nitrogens with one attached hydrogen (secondary N) is 2. The highest BCUT2D eigenvalue weighted by Gasteiger charge is 2.25. The maximum Gasteiger partial charge on any atom is 0.285 e. The largest absolute Gasteiger partial charge is 0.493 e. The molecule has 12 nitrogen and oxygen atoms in total. The van der Waals surface area contributed by atoms with Crippen LogP contribution < -0.4 is 14.9 Å². The predicted molar refractivity (Wildman–Crippen MR) is 155 cm³/mol. The number of thiazole rings is 1. The number of anilines is 1. The molecule has 0 radical (unpaired) electrons. The summed E-state index contributed by atoms with van der Waals surface area (Å²) >= 11 is 1.33. The molecule has 5 rings (SSSR count). The van der Waals surface area contributed by atoms with Gasteiger partial charge in [-0.25, -0.2) is 15.0 Å². The smallest absolute Gasteiger partial charge is 0.285 e. The van der Waals surface area contributed by atoms with Gasteiger partial charge in [0, 0.05) is 17.7 Å². The van der Waals surface area contributed by atoms with Crippen LogP contribution in [0.1, 0.15) is 46.5 Å². The lowest BCUT2D eigenvalue weighted by molar-refractivity contribution is 0.0755. The van der Waals surface area contributed by atoms with E-state index in [9.17, 15) is 10.1 Å². The second-order valence-corrected chi connectivity index (χ2v) is 9.91. The highest BCUT2D eigenvalue weighted by molar-refractivity contribution is 7.17. The van der Waals surface area contributed by atoms with Crippen molar-refractivity contribution in [3.63, 3.8) is 0 Å². The van der Waals surface area contributed by atoms with E-state index in [2.05, 4.69) is 30.7 Å². The lowest BCUT2D eigenvalue weighted by atomic mass is 10.0. The second kappa shape index (κ2) is 12.4. The van der Waals surface area contributed by atoms with Crippen LogP contribution in [0.2, 0.25) is 0 Å². The van der Waals surface area contributed by atoms with E-state index in [1.165, 1.54) is 22.7 Å². The number of hydrogen-bond donors (Lipinski definition) is 2. The van der Waals surface area contributed by atoms with Crippen LogP contribution in [0, 0.1) is 18.3 Å². The number of aromatic nitrogens is 4. The van der Waals surface area contributed by atoms with Gasteiger partial charge in [-0.2, -0.15) is 20.6 Å². The summed E-state index contributed by atoms with van der Waals surface area (Å²) in [6, 6.07) is 15.1. The third-order valence-corrected chi connectivity index (χ3v) is 7.42. The summed E-state index contributed by atoms with van der Waals surface area (Å²) in [5, 5.41) is 26.7. The van der Waals surface area contributed by atoms with E-state index >= 15 is 0 Å². The SMILES string of the molecule is CCOc1cc(C2=NN(C(=O)c3sc(-c4ccc(N/N=C(/C#N)c5ncn[nH]5)cc4)nc3C)CCC2)ccc1OC. The number of H-pyrrole nitrogens is 1. The van der Waals surface area contributed by atoms with E-state index in [1.807, 2.05) is 62.4 Å². The van der Waals surface area contributed by atoms with Crippen LogP contribution in [-0.4, -0.2) is 62.8 Å². The van der Waals surface area contributed by atoms with Gasteiger partial charge in [-0.3, -0.25) is 15.3 Å². The zero-order chi connectivity index (χ0) is 28.8. The minimum Gasteiger partial charge on any atom is -0.493 e. The lowest BCUT2D eigenvalue weighted by Gasteiger charge is -2.23. The van der Waals surface area contributed by atoms with Crippen LogP contribution in [0.15, 0.2) is 59.0 Å². The van der Waals surface area contributed by atoms with Crippen LogP contribution in [-0.2, 0) is 0 Å². The summed E-state index contributed by atoms with van der Waals surface area (Å²) in [6.45, 7) is 4.80. The summed E-state index contributed by atoms with van der Waals surface area (Å²) in [6.07, 6.45) is 2.86. The molecular formula is C28H27N9O3S. The zero-order valence-electron chi connectivity index (χ0n) is 22.7. The van der Waals surface area contributed by atoms with E-state index in [0.717, 1.165) is 34.7 Å². The molecule has 13 heteroatoms. The molecule has 1 aliphatic rings. The maximum absolute atomic E-state index is 13.5. The Hall–Kier alpha value is -5.09. The van der Waals surface area contributed by atoms with Crippen molar-refractivity contribution in [2.24, 2.45) is 10.2 Å². The minimum atomic E-state index is -0.175. The molecule has 1 amide bonds. The number of methoxy groups -OCH3 is 1. The molecule has 0 spiro atoms. The summed E-state index contributed by atoms with van der Waals surface area (Å²) in [5.41, 5.74) is 6.82. The van der Waals surface area contributed by atoms with E-state index in [0.29, 0.717) is 40.9 Å². The number of rotatable bonds is 9. The number of aromatic amines is 1. The molecule has 41 heavy (non-hydrogen) atoms. The molecule has 0 bridgehead atoms. The van der Waals surface area contributed by atoms with Gasteiger partial charge in [0.25, 0.3) is 5.91 Å². The minimum absolute atomic E-state index is 0.0792. The summed E-state index contributed by atoms with van der Waals surface area (Å²) in [7, 11) is 1.61. The topological polar surface area (TPSA) is 154 Å². The number of hydrogen-bond acceptors (Lipinski definition) is 11. The monoisotopic (exact) mass is 569 g/mol. The van der Waals surface area contributed by atoms with Crippen molar-refractivity contribution in [2.75, 3.05) is 25.7 Å². The number of benzene rings is 2. The normalized spacial score (nSPS) is 13.4. The van der Waals surface area contributed by atoms with Gasteiger partial charge in [-0.15, -0.1) is 11.3 Å². The molecule has 0 saturated carbocycles. The quantitative estimate of drug-likeness (QED) is 0.219. The molecule has 0 aliphatic carbocycles. The van der Waals surface area contributed by atoms with Gasteiger partial charge in [0.15, 0.2) is 17.3 Å². The number of aryl methyl sites for hydroxylation is 1. The average molecular weight is 570 g/mol. The molecule has 3 heterocycles. The number of amides is 1. The first-order valence-electron chi connectivity index (χ1n) is 12.9. The molecule has 1 aliphatic heterocycles. The Morgan fingerprint density at radius 3 is 2.73 bits per heavy atom. The first kappa shape index (κ1) is 27.5. The summed E-state index contributed by atoms with van der Waals surface area (Å²) in [5.74, 6) is 1.40. The predicted octanol–water partition coefficient (Wildman–Crippen LogP) is 4.62. The van der Waals surface area contributed by atoms with Gasteiger partial charge >= 0.3 is 0 Å². The Balaban J connectivity index is 1.32. The van der Waals surface area contributed by atoms with Crippen LogP contribution in [0.5, 0.6) is 11.5 Å². The number of carbonyl (C=O) groups excluding carboxylic acids is 1. The van der Waals surface area contributed by atoms with E-state index in [4.69, 9.17) is 14.6 Å². The average Bonchev–Trinajstić information content (AvgIpc) is 3.68. The molecule has 0 atom stereocenters. The van der Waals surface area contributed by atoms with Gasteiger partial charge in [0.1, 0.15) is 22.3 Å². The maximum atomic E-state index is 13.5. The molecule has 4 aromatic rings. The summed E-state index contributed by atoms with van der Waals surface area (Å²) in [4.78, 5) is 22.7. The molecule has 2 N–H and O–H groups in total. The number of carbonyl (C=O) groups is 1. The van der Waals surface area contributed by atoms with E-state index in [1.54, 1.807) is 7.11 Å². The number of nitriles is 1. The van der Waals surface area contributed by atoms with Gasteiger partial charge < -0.3 is 9.47 Å². The summed E-state index contributed by atoms with van der Waals surface area (Å²) < 4.78 is 11.1. The Bertz CT molecular complexity index is 1640. The van der Waals surface area contributed by atoms with Crippen molar-refractivity contribution in [3.05, 3.63) is 70.8 Å². The van der Waals surface area contributed by atoms with Crippen molar-refractivity contribution in [3.8, 4) is 28.1 Å². The van der Waals surface area contributed by atoms with Crippen molar-refractivity contribution < 1.29 is 14.3 Å². The lowest BCUT2D eigenvalue weighted by Crippen LogP contribution is -2.32. The molecule has 208 valence electrons. The van der Waals surface area contributed by atoms with Crippen LogP contribution in [0.4, 0.5) is 5.69 Å². The molecule has 2 aromatic heterocycles. The van der Waals surface area contributed by atoms with Crippen molar-refractivity contribution in [1.82, 2.24) is 25.2 Å². The van der Waals surface area contributed by atoms with Crippen molar-refractivity contribution in [1.29, 1.82) is 5.26 Å². The van der Waals surface area contributed by atoms with Gasteiger partial charge in [-0.05, 0) is 69.2 Å². The van der Waals surface area contributed by atoms with Gasteiger partial charge in [0.05, 0.1) is 30.8 Å².